The summed E-state index contributed by atoms with van der Waals surface area (Å²) < 4.78 is 1.86. The zero-order valence-corrected chi connectivity index (χ0v) is 20.6. The van der Waals surface area contributed by atoms with Crippen molar-refractivity contribution >= 4 is 39.8 Å². The number of piperidine rings is 2. The molecule has 0 amide bonds. The highest BCUT2D eigenvalue weighted by Gasteiger charge is 2.29. The van der Waals surface area contributed by atoms with Gasteiger partial charge in [-0.1, -0.05) is 29.3 Å². The van der Waals surface area contributed by atoms with E-state index in [1.807, 2.05) is 22.9 Å². The number of rotatable bonds is 5. The summed E-state index contributed by atoms with van der Waals surface area (Å²) >= 11 is 12.5. The van der Waals surface area contributed by atoms with Crippen LogP contribution >= 0.6 is 23.2 Å². The summed E-state index contributed by atoms with van der Waals surface area (Å²) in [6.07, 6.45) is 4.58. The Morgan fingerprint density at radius 3 is 2.62 bits per heavy atom. The second-order valence-corrected chi connectivity index (χ2v) is 10.3. The van der Waals surface area contributed by atoms with E-state index in [9.17, 15) is 10.4 Å². The highest BCUT2D eigenvalue weighted by molar-refractivity contribution is 6.35. The van der Waals surface area contributed by atoms with Crippen LogP contribution in [0.15, 0.2) is 36.4 Å². The highest BCUT2D eigenvalue weighted by Crippen LogP contribution is 2.30. The van der Waals surface area contributed by atoms with Gasteiger partial charge in [-0.2, -0.15) is 10.4 Å². The minimum absolute atomic E-state index is 0.301. The summed E-state index contributed by atoms with van der Waals surface area (Å²) in [6, 6.07) is 14.5. The van der Waals surface area contributed by atoms with E-state index in [1.54, 1.807) is 6.07 Å². The number of fused-ring (bicyclic) bond motifs is 1. The van der Waals surface area contributed by atoms with E-state index in [2.05, 4.69) is 33.1 Å². The Morgan fingerprint density at radius 2 is 1.88 bits per heavy atom. The molecule has 1 atom stereocenters. The molecule has 1 unspecified atom stereocenters. The average molecular weight is 498 g/mol. The molecule has 8 heteroatoms. The summed E-state index contributed by atoms with van der Waals surface area (Å²) in [5.41, 5.74) is 3.43. The van der Waals surface area contributed by atoms with E-state index < -0.39 is 0 Å². The van der Waals surface area contributed by atoms with E-state index in [0.29, 0.717) is 40.9 Å². The number of aromatic nitrogens is 2. The van der Waals surface area contributed by atoms with Crippen LogP contribution in [0.25, 0.3) is 10.9 Å². The predicted octanol–water partition coefficient (Wildman–Crippen LogP) is 4.94. The number of hydrogen-bond donors (Lipinski definition) is 1. The largest absolute Gasteiger partial charge is 0.396 e. The Hall–Kier alpha value is -2.30. The molecular weight excluding hydrogens is 469 g/mol. The molecule has 3 aromatic rings. The average Bonchev–Trinajstić information content (AvgIpc) is 3.22. The van der Waals surface area contributed by atoms with Gasteiger partial charge in [0.2, 0.25) is 0 Å². The van der Waals surface area contributed by atoms with Crippen molar-refractivity contribution in [3.8, 4) is 6.07 Å². The molecule has 0 radical (unpaired) electrons. The van der Waals surface area contributed by atoms with Crippen LogP contribution < -0.4 is 4.90 Å². The molecule has 2 aromatic carbocycles. The topological polar surface area (TPSA) is 68.3 Å². The van der Waals surface area contributed by atoms with Crippen molar-refractivity contribution in [3.63, 3.8) is 0 Å². The fourth-order valence-corrected chi connectivity index (χ4v) is 5.91. The molecule has 3 heterocycles. The third-order valence-corrected chi connectivity index (χ3v) is 7.92. The molecule has 0 aliphatic carbocycles. The Morgan fingerprint density at radius 1 is 1.06 bits per heavy atom. The number of nitrogens with zero attached hydrogens (tertiary/aromatic N) is 5. The molecule has 2 fully saturated rings. The number of hydrogen-bond acceptors (Lipinski definition) is 5. The van der Waals surface area contributed by atoms with Gasteiger partial charge in [0.15, 0.2) is 5.69 Å². The van der Waals surface area contributed by atoms with Gasteiger partial charge in [-0.15, -0.1) is 0 Å². The fourth-order valence-electron chi connectivity index (χ4n) is 5.44. The molecule has 2 saturated heterocycles. The smallest absolute Gasteiger partial charge is 0.170 e. The molecule has 6 nitrogen and oxygen atoms in total. The first kappa shape index (κ1) is 23.4. The SMILES string of the molecule is N#Cc1nn(Cc2ccc(Cl)cc2Cl)c2cc(N3CCC(N4CCCC(CO)C4)CC3)ccc12. The lowest BCUT2D eigenvalue weighted by Gasteiger charge is -2.42. The maximum absolute atomic E-state index is 9.61. The molecule has 0 spiro atoms. The minimum atomic E-state index is 0.301. The zero-order valence-electron chi connectivity index (χ0n) is 19.1. The van der Waals surface area contributed by atoms with Gasteiger partial charge in [-0.05, 0) is 74.0 Å². The Labute approximate surface area is 210 Å². The normalized spacial score (nSPS) is 20.1. The first-order valence-corrected chi connectivity index (χ1v) is 12.8. The number of nitriles is 1. The number of aliphatic hydroxyl groups is 1. The van der Waals surface area contributed by atoms with Crippen molar-refractivity contribution in [1.82, 2.24) is 14.7 Å². The van der Waals surface area contributed by atoms with Crippen LogP contribution in [0.3, 0.4) is 0 Å². The van der Waals surface area contributed by atoms with Crippen molar-refractivity contribution in [3.05, 3.63) is 57.7 Å². The molecule has 2 aliphatic heterocycles. The van der Waals surface area contributed by atoms with E-state index in [0.717, 1.165) is 67.6 Å². The van der Waals surface area contributed by atoms with Gasteiger partial charge < -0.3 is 10.0 Å². The number of benzene rings is 2. The van der Waals surface area contributed by atoms with Gasteiger partial charge in [0, 0.05) is 53.4 Å². The molecule has 0 saturated carbocycles. The standard InChI is InChI=1S/C26H29Cl2N5O/c27-20-4-3-19(24(28)12-20)16-33-26-13-22(5-6-23(26)25(14-29)30-33)31-10-7-21(8-11-31)32-9-1-2-18(15-32)17-34/h3-6,12-13,18,21,34H,1-2,7-11,15-17H2. The van der Waals surface area contributed by atoms with Crippen molar-refractivity contribution in [2.45, 2.75) is 38.3 Å². The summed E-state index contributed by atoms with van der Waals surface area (Å²) in [7, 11) is 0. The number of anilines is 1. The summed E-state index contributed by atoms with van der Waals surface area (Å²) in [5, 5.41) is 25.8. The number of aliphatic hydroxyl groups excluding tert-OH is 1. The van der Waals surface area contributed by atoms with Crippen LogP contribution in [-0.2, 0) is 6.54 Å². The monoisotopic (exact) mass is 497 g/mol. The third-order valence-electron chi connectivity index (χ3n) is 7.33. The highest BCUT2D eigenvalue weighted by atomic mass is 35.5. The second kappa shape index (κ2) is 10.1. The Bertz CT molecular complexity index is 1210. The molecule has 5 rings (SSSR count). The lowest BCUT2D eigenvalue weighted by molar-refractivity contribution is 0.0778. The molecular formula is C26H29Cl2N5O. The van der Waals surface area contributed by atoms with Crippen molar-refractivity contribution in [2.75, 3.05) is 37.7 Å². The molecule has 1 N–H and O–H groups in total. The molecule has 0 bridgehead atoms. The van der Waals surface area contributed by atoms with Crippen molar-refractivity contribution in [1.29, 1.82) is 5.26 Å². The predicted molar refractivity (Wildman–Crippen MR) is 137 cm³/mol. The van der Waals surface area contributed by atoms with Gasteiger partial charge in [-0.25, -0.2) is 0 Å². The zero-order chi connectivity index (χ0) is 23.7. The van der Waals surface area contributed by atoms with Gasteiger partial charge in [0.1, 0.15) is 6.07 Å². The van der Waals surface area contributed by atoms with E-state index >= 15 is 0 Å². The summed E-state index contributed by atoms with van der Waals surface area (Å²) in [5.74, 6) is 0.429. The van der Waals surface area contributed by atoms with Crippen molar-refractivity contribution < 1.29 is 5.11 Å². The first-order chi connectivity index (χ1) is 16.6. The van der Waals surface area contributed by atoms with Crippen molar-refractivity contribution in [2.24, 2.45) is 5.92 Å². The van der Waals surface area contributed by atoms with Gasteiger partial charge in [0.05, 0.1) is 12.1 Å². The van der Waals surface area contributed by atoms with Crippen LogP contribution in [0.1, 0.15) is 36.9 Å². The second-order valence-electron chi connectivity index (χ2n) is 9.46. The van der Waals surface area contributed by atoms with E-state index in [-0.39, 0.29) is 0 Å². The third kappa shape index (κ3) is 4.76. The maximum atomic E-state index is 9.61. The fraction of sp³-hybridized carbons (Fsp3) is 0.462. The van der Waals surface area contributed by atoms with Crippen LogP contribution in [0.4, 0.5) is 5.69 Å². The van der Waals surface area contributed by atoms with E-state index in [1.165, 1.54) is 6.42 Å². The number of likely N-dealkylation sites (tertiary alicyclic amines) is 1. The maximum Gasteiger partial charge on any atom is 0.170 e. The summed E-state index contributed by atoms with van der Waals surface area (Å²) in [6.45, 7) is 4.94. The Balaban J connectivity index is 1.35. The minimum Gasteiger partial charge on any atom is -0.396 e. The van der Waals surface area contributed by atoms with Gasteiger partial charge >= 0.3 is 0 Å². The number of halogens is 2. The van der Waals surface area contributed by atoms with Crippen LogP contribution in [0, 0.1) is 17.2 Å². The lowest BCUT2D eigenvalue weighted by Crippen LogP contribution is -2.49. The molecule has 34 heavy (non-hydrogen) atoms. The van der Waals surface area contributed by atoms with Gasteiger partial charge in [0.25, 0.3) is 0 Å². The molecule has 178 valence electrons. The first-order valence-electron chi connectivity index (χ1n) is 12.0. The van der Waals surface area contributed by atoms with Crippen LogP contribution in [-0.4, -0.2) is 58.6 Å². The Kier molecular flexibility index (Phi) is 6.99. The van der Waals surface area contributed by atoms with Gasteiger partial charge in [-0.3, -0.25) is 9.58 Å². The van der Waals surface area contributed by atoms with Crippen LogP contribution in [0.2, 0.25) is 10.0 Å². The molecule has 1 aromatic heterocycles. The quantitative estimate of drug-likeness (QED) is 0.540. The molecule has 2 aliphatic rings. The lowest BCUT2D eigenvalue weighted by atomic mass is 9.94. The van der Waals surface area contributed by atoms with Crippen LogP contribution in [0.5, 0.6) is 0 Å². The summed E-state index contributed by atoms with van der Waals surface area (Å²) in [4.78, 5) is 5.02. The van der Waals surface area contributed by atoms with E-state index in [4.69, 9.17) is 23.2 Å².